The summed E-state index contributed by atoms with van der Waals surface area (Å²) in [6.45, 7) is 10.9. The van der Waals surface area contributed by atoms with Gasteiger partial charge in [0, 0.05) is 11.6 Å². The predicted octanol–water partition coefficient (Wildman–Crippen LogP) is 2.10. The first-order valence-electron chi connectivity index (χ1n) is 4.18. The molecule has 1 N–H and O–H groups in total. The molecular formula is C10H16N2. The van der Waals surface area contributed by atoms with Crippen molar-refractivity contribution < 1.29 is 0 Å². The second-order valence-corrected chi connectivity index (χ2v) is 3.97. The third kappa shape index (κ3) is 1.97. The van der Waals surface area contributed by atoms with Crippen molar-refractivity contribution in [3.8, 4) is 0 Å². The van der Waals surface area contributed by atoms with Crippen LogP contribution in [0.25, 0.3) is 0 Å². The molecule has 0 radical (unpaired) electrons. The SMILES string of the molecule is C=CC1=NC(C(C)(C)C)=CNC1. The second-order valence-electron chi connectivity index (χ2n) is 3.97. The molecule has 0 spiro atoms. The molecule has 0 aromatic carbocycles. The minimum atomic E-state index is 0.113. The van der Waals surface area contributed by atoms with Gasteiger partial charge in [0.1, 0.15) is 0 Å². The highest BCUT2D eigenvalue weighted by atomic mass is 14.9. The summed E-state index contributed by atoms with van der Waals surface area (Å²) >= 11 is 0. The summed E-state index contributed by atoms with van der Waals surface area (Å²) in [7, 11) is 0. The molecule has 12 heavy (non-hydrogen) atoms. The molecule has 0 atom stereocenters. The fourth-order valence-electron chi connectivity index (χ4n) is 0.981. The number of nitrogens with zero attached hydrogens (tertiary/aromatic N) is 1. The maximum absolute atomic E-state index is 4.47. The Hall–Kier alpha value is -1.05. The molecule has 1 rings (SSSR count). The Balaban J connectivity index is 2.87. The number of nitrogens with one attached hydrogen (secondary N) is 1. The summed E-state index contributed by atoms with van der Waals surface area (Å²) in [6.07, 6.45) is 3.78. The standard InChI is InChI=1S/C10H16N2/c1-5-8-6-11-7-9(12-8)10(2,3)4/h5,7,11H,1,6H2,2-4H3. The smallest absolute Gasteiger partial charge is 0.0617 e. The largest absolute Gasteiger partial charge is 0.384 e. The Kier molecular flexibility index (Phi) is 2.36. The van der Waals surface area contributed by atoms with Gasteiger partial charge in [0.2, 0.25) is 0 Å². The van der Waals surface area contributed by atoms with E-state index in [1.54, 1.807) is 6.08 Å². The molecule has 0 bridgehead atoms. The lowest BCUT2D eigenvalue weighted by Crippen LogP contribution is -2.24. The van der Waals surface area contributed by atoms with E-state index in [1.807, 2.05) is 6.20 Å². The first-order chi connectivity index (χ1) is 5.54. The molecule has 0 saturated heterocycles. The third-order valence-corrected chi connectivity index (χ3v) is 1.79. The number of aliphatic imine (C=N–C) groups is 1. The third-order valence-electron chi connectivity index (χ3n) is 1.79. The number of hydrogen-bond acceptors (Lipinski definition) is 2. The molecule has 2 nitrogen and oxygen atoms in total. The Morgan fingerprint density at radius 2 is 2.25 bits per heavy atom. The van der Waals surface area contributed by atoms with Crippen molar-refractivity contribution in [2.45, 2.75) is 20.8 Å². The fraction of sp³-hybridized carbons (Fsp3) is 0.500. The predicted molar refractivity (Wildman–Crippen MR) is 53.2 cm³/mol. The van der Waals surface area contributed by atoms with E-state index in [0.717, 1.165) is 18.0 Å². The Labute approximate surface area is 74.1 Å². The van der Waals surface area contributed by atoms with Gasteiger partial charge in [-0.2, -0.15) is 0 Å². The topological polar surface area (TPSA) is 24.4 Å². The van der Waals surface area contributed by atoms with Gasteiger partial charge in [-0.15, -0.1) is 0 Å². The van der Waals surface area contributed by atoms with E-state index in [4.69, 9.17) is 0 Å². The lowest BCUT2D eigenvalue weighted by molar-refractivity contribution is 0.492. The van der Waals surface area contributed by atoms with Gasteiger partial charge in [0.25, 0.3) is 0 Å². The highest BCUT2D eigenvalue weighted by Gasteiger charge is 2.18. The zero-order valence-electron chi connectivity index (χ0n) is 8.02. The number of allylic oxidation sites excluding steroid dienone is 1. The van der Waals surface area contributed by atoms with Crippen LogP contribution in [0.5, 0.6) is 0 Å². The number of hydrogen-bond donors (Lipinski definition) is 1. The van der Waals surface area contributed by atoms with Crippen molar-refractivity contribution in [3.05, 3.63) is 24.6 Å². The van der Waals surface area contributed by atoms with E-state index in [-0.39, 0.29) is 5.41 Å². The van der Waals surface area contributed by atoms with Crippen LogP contribution in [0.2, 0.25) is 0 Å². The second kappa shape index (κ2) is 3.13. The molecule has 0 fully saturated rings. The van der Waals surface area contributed by atoms with Gasteiger partial charge in [-0.25, -0.2) is 0 Å². The van der Waals surface area contributed by atoms with Crippen LogP contribution in [-0.4, -0.2) is 12.3 Å². The van der Waals surface area contributed by atoms with Crippen LogP contribution in [0, 0.1) is 5.41 Å². The van der Waals surface area contributed by atoms with E-state index in [2.05, 4.69) is 37.7 Å². The van der Waals surface area contributed by atoms with Gasteiger partial charge in [0.05, 0.1) is 18.0 Å². The molecule has 0 amide bonds. The Bertz CT molecular complexity index is 241. The summed E-state index contributed by atoms with van der Waals surface area (Å²) in [4.78, 5) is 4.47. The summed E-state index contributed by atoms with van der Waals surface area (Å²) in [5.41, 5.74) is 2.22. The maximum Gasteiger partial charge on any atom is 0.0617 e. The van der Waals surface area contributed by atoms with Gasteiger partial charge in [-0.3, -0.25) is 4.99 Å². The lowest BCUT2D eigenvalue weighted by Gasteiger charge is -2.23. The van der Waals surface area contributed by atoms with Crippen molar-refractivity contribution in [3.63, 3.8) is 0 Å². The molecule has 66 valence electrons. The zero-order valence-corrected chi connectivity index (χ0v) is 8.02. The minimum absolute atomic E-state index is 0.113. The summed E-state index contributed by atoms with van der Waals surface area (Å²) in [5.74, 6) is 0. The molecule has 0 aliphatic carbocycles. The maximum atomic E-state index is 4.47. The lowest BCUT2D eigenvalue weighted by atomic mass is 9.92. The van der Waals surface area contributed by atoms with E-state index in [9.17, 15) is 0 Å². The quantitative estimate of drug-likeness (QED) is 0.630. The van der Waals surface area contributed by atoms with Crippen LogP contribution < -0.4 is 5.32 Å². The molecule has 1 aliphatic rings. The van der Waals surface area contributed by atoms with Crippen LogP contribution in [-0.2, 0) is 0 Å². The van der Waals surface area contributed by atoms with Gasteiger partial charge in [-0.1, -0.05) is 27.4 Å². The van der Waals surface area contributed by atoms with Crippen molar-refractivity contribution in [2.75, 3.05) is 6.54 Å². The van der Waals surface area contributed by atoms with Gasteiger partial charge < -0.3 is 5.32 Å². The van der Waals surface area contributed by atoms with Crippen LogP contribution in [0.1, 0.15) is 20.8 Å². The molecule has 0 saturated carbocycles. The van der Waals surface area contributed by atoms with Crippen LogP contribution in [0.3, 0.4) is 0 Å². The number of rotatable bonds is 1. The summed E-state index contributed by atoms with van der Waals surface area (Å²) in [5, 5.41) is 3.18. The van der Waals surface area contributed by atoms with E-state index in [0.29, 0.717) is 0 Å². The monoisotopic (exact) mass is 164 g/mol. The Morgan fingerprint density at radius 1 is 1.58 bits per heavy atom. The summed E-state index contributed by atoms with van der Waals surface area (Å²) in [6, 6.07) is 0. The average molecular weight is 164 g/mol. The Morgan fingerprint density at radius 3 is 2.75 bits per heavy atom. The molecular weight excluding hydrogens is 148 g/mol. The normalized spacial score (nSPS) is 17.6. The molecule has 1 aliphatic heterocycles. The highest BCUT2D eigenvalue weighted by molar-refractivity contribution is 5.97. The van der Waals surface area contributed by atoms with Crippen molar-refractivity contribution in [1.29, 1.82) is 0 Å². The fourth-order valence-corrected chi connectivity index (χ4v) is 0.981. The van der Waals surface area contributed by atoms with E-state index >= 15 is 0 Å². The van der Waals surface area contributed by atoms with Crippen LogP contribution in [0.4, 0.5) is 0 Å². The average Bonchev–Trinajstić information content (AvgIpc) is 2.03. The van der Waals surface area contributed by atoms with Gasteiger partial charge >= 0.3 is 0 Å². The highest BCUT2D eigenvalue weighted by Crippen LogP contribution is 2.26. The first kappa shape index (κ1) is 9.04. The molecule has 0 aromatic rings. The molecule has 2 heteroatoms. The molecule has 0 aromatic heterocycles. The molecule has 0 unspecified atom stereocenters. The van der Waals surface area contributed by atoms with Gasteiger partial charge in [-0.05, 0) is 6.08 Å². The van der Waals surface area contributed by atoms with E-state index in [1.165, 1.54) is 0 Å². The van der Waals surface area contributed by atoms with Crippen molar-refractivity contribution in [1.82, 2.24) is 5.32 Å². The molecule has 1 heterocycles. The van der Waals surface area contributed by atoms with E-state index < -0.39 is 0 Å². The van der Waals surface area contributed by atoms with Crippen molar-refractivity contribution in [2.24, 2.45) is 10.4 Å². The van der Waals surface area contributed by atoms with Crippen LogP contribution in [0.15, 0.2) is 29.5 Å². The van der Waals surface area contributed by atoms with Gasteiger partial charge in [0.15, 0.2) is 0 Å². The van der Waals surface area contributed by atoms with Crippen LogP contribution >= 0.6 is 0 Å². The summed E-state index contributed by atoms with van der Waals surface area (Å²) < 4.78 is 0. The first-order valence-corrected chi connectivity index (χ1v) is 4.18. The minimum Gasteiger partial charge on any atom is -0.384 e. The van der Waals surface area contributed by atoms with Crippen molar-refractivity contribution >= 4 is 5.71 Å². The zero-order chi connectivity index (χ0) is 9.19.